The molecule has 0 aliphatic carbocycles. The SMILES string of the molecule is CCc1cnc(C2=NC(C)(C(C)C)C(=O)N2)c(C(=O)O)c1.Nc1c(Cl)c(Cl)nc(C(=O)O)c1Cl.O=C(O)COc1nc(Cl)c(Cl)cc1Cl. The van der Waals surface area contributed by atoms with E-state index >= 15 is 0 Å². The number of carbonyl (C=O) groups is 4. The topological polar surface area (TPSA) is 227 Å². The van der Waals surface area contributed by atoms with E-state index in [1.54, 1.807) is 19.2 Å². The third kappa shape index (κ3) is 9.94. The number of hydrogen-bond donors (Lipinski definition) is 5. The average molecular weight is 787 g/mol. The quantitative estimate of drug-likeness (QED) is 0.155. The number of anilines is 1. The van der Waals surface area contributed by atoms with Gasteiger partial charge in [-0.2, -0.15) is 4.98 Å². The lowest BCUT2D eigenvalue weighted by Gasteiger charge is -2.21. The van der Waals surface area contributed by atoms with Crippen LogP contribution in [0.4, 0.5) is 5.69 Å². The van der Waals surface area contributed by atoms with Gasteiger partial charge in [0.05, 0.1) is 21.3 Å². The van der Waals surface area contributed by atoms with Crippen LogP contribution in [-0.4, -0.2) is 72.1 Å². The van der Waals surface area contributed by atoms with Crippen molar-refractivity contribution in [1.29, 1.82) is 0 Å². The largest absolute Gasteiger partial charge is 0.479 e. The summed E-state index contributed by atoms with van der Waals surface area (Å²) < 4.78 is 4.75. The molecule has 3 aromatic heterocycles. The summed E-state index contributed by atoms with van der Waals surface area (Å²) in [6, 6.07) is 2.90. The number of nitrogens with zero attached hydrogens (tertiary/aromatic N) is 4. The third-order valence-electron chi connectivity index (χ3n) is 6.43. The van der Waals surface area contributed by atoms with Gasteiger partial charge in [0.2, 0.25) is 5.88 Å². The Balaban J connectivity index is 0.000000261. The molecular formula is C28H26Cl6N6O8. The average Bonchev–Trinajstić information content (AvgIpc) is 3.33. The number of halogens is 6. The molecule has 4 rings (SSSR count). The van der Waals surface area contributed by atoms with Crippen molar-refractivity contribution in [2.24, 2.45) is 10.9 Å². The molecule has 0 saturated heterocycles. The number of rotatable bonds is 8. The lowest BCUT2D eigenvalue weighted by atomic mass is 9.89. The van der Waals surface area contributed by atoms with E-state index in [1.807, 2.05) is 20.8 Å². The van der Waals surface area contributed by atoms with Crippen molar-refractivity contribution in [2.45, 2.75) is 39.7 Å². The fourth-order valence-corrected chi connectivity index (χ4v) is 4.57. The summed E-state index contributed by atoms with van der Waals surface area (Å²) in [4.78, 5) is 60.0. The van der Waals surface area contributed by atoms with Crippen LogP contribution in [0.5, 0.6) is 5.88 Å². The van der Waals surface area contributed by atoms with Crippen molar-refractivity contribution in [2.75, 3.05) is 12.3 Å². The zero-order valence-corrected chi connectivity index (χ0v) is 29.8. The highest BCUT2D eigenvalue weighted by Gasteiger charge is 2.43. The van der Waals surface area contributed by atoms with E-state index in [-0.39, 0.29) is 70.9 Å². The Kier molecular flexibility index (Phi) is 14.5. The highest BCUT2D eigenvalue weighted by molar-refractivity contribution is 6.46. The minimum atomic E-state index is -1.31. The number of carboxylic acids is 3. The second kappa shape index (κ2) is 17.1. The van der Waals surface area contributed by atoms with Gasteiger partial charge in [-0.3, -0.25) is 9.78 Å². The van der Waals surface area contributed by atoms with Crippen molar-refractivity contribution in [1.82, 2.24) is 20.3 Å². The smallest absolute Gasteiger partial charge is 0.356 e. The molecular weight excluding hydrogens is 761 g/mol. The number of aliphatic imine (C=N–C) groups is 1. The maximum Gasteiger partial charge on any atom is 0.356 e. The molecule has 0 fully saturated rings. The normalized spacial score (nSPS) is 15.0. The fourth-order valence-electron chi connectivity index (χ4n) is 3.43. The number of aliphatic carboxylic acids is 1. The minimum Gasteiger partial charge on any atom is -0.479 e. The number of hydrogen-bond acceptors (Lipinski definition) is 10. The standard InChI is InChI=1S/C15H19N3O3.C7H4Cl3NO3.C6H3Cl3N2O2/c1-5-9-6-10(13(19)20)11(16-7-9)12-17-14(21)15(4,18-12)8(2)3;8-3-1-4(9)7(11-6(3)10)14-2-5(12)13;7-1-3(10)2(8)5(9)11-4(1)6(12)13/h6-8H,5H2,1-4H3,(H,19,20)(H,17,18,21);1H,2H2,(H,12,13);(H2,10,11)(H,12,13). The first-order chi connectivity index (χ1) is 22.2. The van der Waals surface area contributed by atoms with E-state index in [0.29, 0.717) is 6.42 Å². The molecule has 0 bridgehead atoms. The number of amidine groups is 1. The first kappa shape index (κ1) is 40.5. The van der Waals surface area contributed by atoms with Crippen LogP contribution in [0.25, 0.3) is 0 Å². The molecule has 258 valence electrons. The Morgan fingerprint density at radius 1 is 0.958 bits per heavy atom. The van der Waals surface area contributed by atoms with Gasteiger partial charge in [-0.1, -0.05) is 90.4 Å². The summed E-state index contributed by atoms with van der Waals surface area (Å²) in [6.07, 6.45) is 2.30. The van der Waals surface area contributed by atoms with Crippen molar-refractivity contribution in [3.8, 4) is 5.88 Å². The highest BCUT2D eigenvalue weighted by Crippen LogP contribution is 2.34. The molecule has 20 heteroatoms. The highest BCUT2D eigenvalue weighted by atomic mass is 35.5. The number of amides is 1. The van der Waals surface area contributed by atoms with Gasteiger partial charge in [0.1, 0.15) is 21.3 Å². The number of pyridine rings is 3. The number of nitrogens with one attached hydrogen (secondary N) is 1. The number of nitrogens with two attached hydrogens (primary N) is 1. The molecule has 0 radical (unpaired) electrons. The molecule has 6 N–H and O–H groups in total. The second-order valence-electron chi connectivity index (χ2n) is 9.94. The summed E-state index contributed by atoms with van der Waals surface area (Å²) in [5.41, 5.74) is 5.07. The number of aryl methyl sites for hydroxylation is 1. The Bertz CT molecular complexity index is 1790. The van der Waals surface area contributed by atoms with Gasteiger partial charge < -0.3 is 31.1 Å². The van der Waals surface area contributed by atoms with E-state index in [4.69, 9.17) is 90.3 Å². The predicted octanol–water partition coefficient (Wildman–Crippen LogP) is 6.46. The Labute approximate surface area is 303 Å². The molecule has 0 saturated carbocycles. The Hall–Kier alpha value is -3.66. The van der Waals surface area contributed by atoms with Crippen LogP contribution in [0, 0.1) is 5.92 Å². The van der Waals surface area contributed by atoms with E-state index in [1.165, 1.54) is 6.07 Å². The number of carboxylic acid groups (broad SMARTS) is 3. The van der Waals surface area contributed by atoms with Crippen LogP contribution in [0.1, 0.15) is 59.8 Å². The monoisotopic (exact) mass is 784 g/mol. The summed E-state index contributed by atoms with van der Waals surface area (Å²) in [5, 5.41) is 28.8. The summed E-state index contributed by atoms with van der Waals surface area (Å²) in [6.45, 7) is 6.92. The zero-order chi connectivity index (χ0) is 36.7. The van der Waals surface area contributed by atoms with Gasteiger partial charge in [-0.05, 0) is 37.0 Å². The molecule has 0 spiro atoms. The number of aromatic nitrogens is 3. The molecule has 1 aliphatic heterocycles. The van der Waals surface area contributed by atoms with Crippen LogP contribution >= 0.6 is 69.6 Å². The van der Waals surface area contributed by atoms with Gasteiger partial charge in [0.15, 0.2) is 28.4 Å². The van der Waals surface area contributed by atoms with Crippen molar-refractivity contribution in [3.05, 3.63) is 71.2 Å². The number of aromatic carboxylic acids is 2. The van der Waals surface area contributed by atoms with Gasteiger partial charge in [-0.25, -0.2) is 24.4 Å². The molecule has 0 aromatic carbocycles. The van der Waals surface area contributed by atoms with Gasteiger partial charge in [0, 0.05) is 6.20 Å². The van der Waals surface area contributed by atoms with E-state index < -0.39 is 35.7 Å². The van der Waals surface area contributed by atoms with Crippen LogP contribution in [-0.2, 0) is 16.0 Å². The first-order valence-corrected chi connectivity index (χ1v) is 15.5. The fraction of sp³-hybridized carbons (Fsp3) is 0.286. The van der Waals surface area contributed by atoms with Crippen molar-refractivity contribution < 1.29 is 39.2 Å². The maximum atomic E-state index is 12.1. The van der Waals surface area contributed by atoms with Crippen LogP contribution in [0.2, 0.25) is 30.4 Å². The molecule has 4 heterocycles. The summed E-state index contributed by atoms with van der Waals surface area (Å²) in [5.74, 6) is -3.57. The zero-order valence-electron chi connectivity index (χ0n) is 25.2. The van der Waals surface area contributed by atoms with E-state index in [9.17, 15) is 24.3 Å². The van der Waals surface area contributed by atoms with Crippen molar-refractivity contribution in [3.63, 3.8) is 0 Å². The van der Waals surface area contributed by atoms with E-state index in [0.717, 1.165) is 5.56 Å². The molecule has 1 amide bonds. The molecule has 1 atom stereocenters. The van der Waals surface area contributed by atoms with Gasteiger partial charge in [0.25, 0.3) is 5.91 Å². The maximum absolute atomic E-state index is 12.1. The molecule has 1 aliphatic rings. The predicted molar refractivity (Wildman–Crippen MR) is 182 cm³/mol. The van der Waals surface area contributed by atoms with E-state index in [2.05, 4.69) is 25.3 Å². The Morgan fingerprint density at radius 2 is 1.58 bits per heavy atom. The minimum absolute atomic E-state index is 0.00167. The molecule has 1 unspecified atom stereocenters. The molecule has 48 heavy (non-hydrogen) atoms. The lowest BCUT2D eigenvalue weighted by Crippen LogP contribution is -2.41. The number of nitrogen functional groups attached to an aromatic ring is 1. The van der Waals surface area contributed by atoms with Crippen LogP contribution in [0.3, 0.4) is 0 Å². The van der Waals surface area contributed by atoms with Crippen LogP contribution < -0.4 is 15.8 Å². The first-order valence-electron chi connectivity index (χ1n) is 13.3. The number of ether oxygens (including phenoxy) is 1. The van der Waals surface area contributed by atoms with Crippen molar-refractivity contribution >= 4 is 105 Å². The summed E-state index contributed by atoms with van der Waals surface area (Å²) in [7, 11) is 0. The van der Waals surface area contributed by atoms with Gasteiger partial charge in [-0.15, -0.1) is 0 Å². The summed E-state index contributed by atoms with van der Waals surface area (Å²) >= 11 is 33.4. The van der Waals surface area contributed by atoms with Gasteiger partial charge >= 0.3 is 17.9 Å². The molecule has 14 nitrogen and oxygen atoms in total. The molecule has 3 aromatic rings. The second-order valence-corrected chi connectivity index (χ2v) is 12.2. The van der Waals surface area contributed by atoms with Crippen LogP contribution in [0.15, 0.2) is 23.3 Å². The Morgan fingerprint density at radius 3 is 2.08 bits per heavy atom. The third-order valence-corrected chi connectivity index (χ3v) is 8.51. The number of carbonyl (C=O) groups excluding carboxylic acids is 1. The lowest BCUT2D eigenvalue weighted by molar-refractivity contribution is -0.139.